The van der Waals surface area contributed by atoms with Crippen molar-refractivity contribution in [2.24, 2.45) is 5.41 Å². The molecule has 1 amide bonds. The highest BCUT2D eigenvalue weighted by molar-refractivity contribution is 6.30. The lowest BCUT2D eigenvalue weighted by Gasteiger charge is -2.18. The first-order valence-electron chi connectivity index (χ1n) is 5.98. The van der Waals surface area contributed by atoms with Crippen LogP contribution in [-0.2, 0) is 4.79 Å². The summed E-state index contributed by atoms with van der Waals surface area (Å²) in [7, 11) is 0. The lowest BCUT2D eigenvalue weighted by atomic mass is 9.92. The summed E-state index contributed by atoms with van der Waals surface area (Å²) in [5.41, 5.74) is 0.699. The molecule has 0 saturated carbocycles. The number of amides is 1. The molecule has 0 spiro atoms. The minimum Gasteiger partial charge on any atom is -0.387 e. The van der Waals surface area contributed by atoms with Crippen molar-refractivity contribution < 1.29 is 9.90 Å². The SMILES string of the molecule is CC(C)(C)CC(=O)NCC(O)c1ccc(Cl)cc1. The van der Waals surface area contributed by atoms with Gasteiger partial charge in [-0.25, -0.2) is 0 Å². The smallest absolute Gasteiger partial charge is 0.220 e. The monoisotopic (exact) mass is 269 g/mol. The van der Waals surface area contributed by atoms with Crippen LogP contribution in [0.5, 0.6) is 0 Å². The van der Waals surface area contributed by atoms with Crippen LogP contribution in [0.15, 0.2) is 24.3 Å². The maximum Gasteiger partial charge on any atom is 0.220 e. The number of carbonyl (C=O) groups excluding carboxylic acids is 1. The Morgan fingerprint density at radius 3 is 2.39 bits per heavy atom. The molecule has 0 aliphatic heterocycles. The van der Waals surface area contributed by atoms with E-state index in [1.165, 1.54) is 0 Å². The Labute approximate surface area is 113 Å². The molecule has 18 heavy (non-hydrogen) atoms. The number of nitrogens with one attached hydrogen (secondary N) is 1. The maximum atomic E-state index is 11.6. The minimum atomic E-state index is -0.703. The van der Waals surface area contributed by atoms with Gasteiger partial charge in [0.1, 0.15) is 0 Å². The summed E-state index contributed by atoms with van der Waals surface area (Å²) in [6, 6.07) is 6.94. The molecule has 1 unspecified atom stereocenters. The molecule has 0 heterocycles. The fraction of sp³-hybridized carbons (Fsp3) is 0.500. The summed E-state index contributed by atoms with van der Waals surface area (Å²) in [5, 5.41) is 13.3. The normalized spacial score (nSPS) is 13.2. The molecule has 0 radical (unpaired) electrons. The Hall–Kier alpha value is -1.06. The Kier molecular flexibility index (Phi) is 5.17. The molecule has 100 valence electrons. The van der Waals surface area contributed by atoms with Gasteiger partial charge in [0.05, 0.1) is 6.10 Å². The summed E-state index contributed by atoms with van der Waals surface area (Å²) in [5.74, 6) is -0.0458. The fourth-order valence-corrected chi connectivity index (χ4v) is 1.68. The Morgan fingerprint density at radius 1 is 1.33 bits per heavy atom. The van der Waals surface area contributed by atoms with E-state index >= 15 is 0 Å². The third-order valence-electron chi connectivity index (χ3n) is 2.44. The molecule has 1 aromatic carbocycles. The molecule has 1 rings (SSSR count). The number of benzene rings is 1. The first-order valence-corrected chi connectivity index (χ1v) is 6.36. The van der Waals surface area contributed by atoms with Crippen LogP contribution in [-0.4, -0.2) is 17.6 Å². The molecule has 0 aromatic heterocycles. The van der Waals surface area contributed by atoms with Crippen molar-refractivity contribution in [2.45, 2.75) is 33.3 Å². The molecule has 0 saturated heterocycles. The van der Waals surface area contributed by atoms with Crippen molar-refractivity contribution in [3.05, 3.63) is 34.9 Å². The summed E-state index contributed by atoms with van der Waals surface area (Å²) in [4.78, 5) is 11.6. The van der Waals surface area contributed by atoms with Crippen LogP contribution in [0.25, 0.3) is 0 Å². The molecule has 0 bridgehead atoms. The Bertz CT molecular complexity index is 395. The van der Waals surface area contributed by atoms with Gasteiger partial charge in [-0.1, -0.05) is 44.5 Å². The second-order valence-corrected chi connectivity index (χ2v) is 6.05. The van der Waals surface area contributed by atoms with E-state index in [2.05, 4.69) is 5.32 Å². The standard InChI is InChI=1S/C14H20ClNO2/c1-14(2,3)8-13(18)16-9-12(17)10-4-6-11(15)7-5-10/h4-7,12,17H,8-9H2,1-3H3,(H,16,18). The zero-order valence-corrected chi connectivity index (χ0v) is 11.8. The summed E-state index contributed by atoms with van der Waals surface area (Å²) in [6.07, 6.45) is -0.258. The second kappa shape index (κ2) is 6.21. The van der Waals surface area contributed by atoms with E-state index in [4.69, 9.17) is 11.6 Å². The van der Waals surface area contributed by atoms with Crippen LogP contribution in [0.2, 0.25) is 5.02 Å². The Morgan fingerprint density at radius 2 is 1.89 bits per heavy atom. The van der Waals surface area contributed by atoms with Crippen LogP contribution in [0.3, 0.4) is 0 Å². The topological polar surface area (TPSA) is 49.3 Å². The van der Waals surface area contributed by atoms with Crippen molar-refractivity contribution in [1.82, 2.24) is 5.32 Å². The van der Waals surface area contributed by atoms with Crippen LogP contribution in [0.1, 0.15) is 38.9 Å². The molecule has 1 atom stereocenters. The van der Waals surface area contributed by atoms with Gasteiger partial charge in [0.15, 0.2) is 0 Å². The largest absolute Gasteiger partial charge is 0.387 e. The van der Waals surface area contributed by atoms with Crippen molar-refractivity contribution in [1.29, 1.82) is 0 Å². The molecule has 4 heteroatoms. The van der Waals surface area contributed by atoms with Gasteiger partial charge in [0.2, 0.25) is 5.91 Å². The maximum absolute atomic E-state index is 11.6. The molecule has 1 aromatic rings. The quantitative estimate of drug-likeness (QED) is 0.883. The second-order valence-electron chi connectivity index (χ2n) is 5.61. The number of hydrogen-bond donors (Lipinski definition) is 2. The first-order chi connectivity index (χ1) is 8.28. The van der Waals surface area contributed by atoms with Gasteiger partial charge in [-0.2, -0.15) is 0 Å². The fourth-order valence-electron chi connectivity index (χ4n) is 1.56. The number of aliphatic hydroxyl groups excluding tert-OH is 1. The number of aliphatic hydroxyl groups is 1. The summed E-state index contributed by atoms with van der Waals surface area (Å²) in [6.45, 7) is 6.23. The van der Waals surface area contributed by atoms with E-state index < -0.39 is 6.10 Å². The molecule has 0 aliphatic carbocycles. The van der Waals surface area contributed by atoms with E-state index in [0.717, 1.165) is 5.56 Å². The molecule has 3 nitrogen and oxygen atoms in total. The third-order valence-corrected chi connectivity index (χ3v) is 2.69. The van der Waals surface area contributed by atoms with Gasteiger partial charge < -0.3 is 10.4 Å². The highest BCUT2D eigenvalue weighted by Gasteiger charge is 2.16. The third kappa shape index (κ3) is 5.52. The number of rotatable bonds is 4. The minimum absolute atomic E-state index is 0.0458. The first kappa shape index (κ1) is 15.0. The molecule has 2 N–H and O–H groups in total. The molecular weight excluding hydrogens is 250 g/mol. The van der Waals surface area contributed by atoms with Gasteiger partial charge in [-0.15, -0.1) is 0 Å². The van der Waals surface area contributed by atoms with Gasteiger partial charge >= 0.3 is 0 Å². The highest BCUT2D eigenvalue weighted by atomic mass is 35.5. The number of hydrogen-bond acceptors (Lipinski definition) is 2. The number of halogens is 1. The van der Waals surface area contributed by atoms with E-state index in [0.29, 0.717) is 11.4 Å². The van der Waals surface area contributed by atoms with E-state index in [-0.39, 0.29) is 17.9 Å². The lowest BCUT2D eigenvalue weighted by Crippen LogP contribution is -2.31. The van der Waals surface area contributed by atoms with Crippen LogP contribution >= 0.6 is 11.6 Å². The van der Waals surface area contributed by atoms with Crippen LogP contribution in [0, 0.1) is 5.41 Å². The predicted molar refractivity (Wildman–Crippen MR) is 73.5 cm³/mol. The molecule has 0 fully saturated rings. The highest BCUT2D eigenvalue weighted by Crippen LogP contribution is 2.19. The van der Waals surface area contributed by atoms with Crippen LogP contribution < -0.4 is 5.32 Å². The van der Waals surface area contributed by atoms with E-state index in [1.54, 1.807) is 24.3 Å². The Balaban J connectivity index is 2.44. The summed E-state index contributed by atoms with van der Waals surface area (Å²) >= 11 is 5.77. The van der Waals surface area contributed by atoms with Crippen molar-refractivity contribution in [3.8, 4) is 0 Å². The van der Waals surface area contributed by atoms with Crippen molar-refractivity contribution in [2.75, 3.05) is 6.54 Å². The van der Waals surface area contributed by atoms with Crippen LogP contribution in [0.4, 0.5) is 0 Å². The molecular formula is C14H20ClNO2. The summed E-state index contributed by atoms with van der Waals surface area (Å²) < 4.78 is 0. The van der Waals surface area contributed by atoms with E-state index in [1.807, 2.05) is 20.8 Å². The number of carbonyl (C=O) groups is 1. The van der Waals surface area contributed by atoms with Gasteiger partial charge in [-0.05, 0) is 23.1 Å². The zero-order valence-electron chi connectivity index (χ0n) is 11.0. The van der Waals surface area contributed by atoms with Gasteiger partial charge in [-0.3, -0.25) is 4.79 Å². The van der Waals surface area contributed by atoms with Gasteiger partial charge in [0, 0.05) is 18.0 Å². The predicted octanol–water partition coefficient (Wildman–Crippen LogP) is 2.93. The lowest BCUT2D eigenvalue weighted by molar-refractivity contribution is -0.123. The average molecular weight is 270 g/mol. The average Bonchev–Trinajstić information content (AvgIpc) is 2.24. The molecule has 0 aliphatic rings. The van der Waals surface area contributed by atoms with Gasteiger partial charge in [0.25, 0.3) is 0 Å². The van der Waals surface area contributed by atoms with E-state index in [9.17, 15) is 9.90 Å². The zero-order chi connectivity index (χ0) is 13.8. The van der Waals surface area contributed by atoms with Crippen molar-refractivity contribution >= 4 is 17.5 Å². The van der Waals surface area contributed by atoms with Crippen molar-refractivity contribution in [3.63, 3.8) is 0 Å².